The molecule has 1 rings (SSSR count). The average molecular weight is 246 g/mol. The zero-order chi connectivity index (χ0) is 12.9. The maximum Gasteiger partial charge on any atom is 0.450 e. The minimum atomic E-state index is -4.85. The Morgan fingerprint density at radius 1 is 1.24 bits per heavy atom. The Bertz CT molecular complexity index is 360. The number of carbonyl (C=O) groups is 1. The summed E-state index contributed by atoms with van der Waals surface area (Å²) in [4.78, 5) is 10.6. The van der Waals surface area contributed by atoms with Crippen molar-refractivity contribution in [1.29, 1.82) is 0 Å². The second-order valence-electron chi connectivity index (χ2n) is 3.80. The Labute approximate surface area is 97.1 Å². The minimum Gasteiger partial charge on any atom is -0.393 e. The van der Waals surface area contributed by atoms with E-state index in [9.17, 15) is 23.1 Å². The van der Waals surface area contributed by atoms with Crippen LogP contribution < -0.4 is 0 Å². The van der Waals surface area contributed by atoms with Crippen molar-refractivity contribution in [3.8, 4) is 0 Å². The molecule has 0 saturated carbocycles. The maximum absolute atomic E-state index is 11.9. The van der Waals surface area contributed by atoms with Gasteiger partial charge in [0.05, 0.1) is 6.10 Å². The van der Waals surface area contributed by atoms with Crippen molar-refractivity contribution in [1.82, 2.24) is 0 Å². The first-order chi connectivity index (χ1) is 7.89. The van der Waals surface area contributed by atoms with Crippen LogP contribution in [0.15, 0.2) is 30.3 Å². The van der Waals surface area contributed by atoms with Crippen LogP contribution in [0.2, 0.25) is 0 Å². The van der Waals surface area contributed by atoms with Crippen LogP contribution in [-0.4, -0.2) is 23.2 Å². The molecule has 5 heteroatoms. The molecule has 0 aliphatic heterocycles. The zero-order valence-corrected chi connectivity index (χ0v) is 9.07. The number of alkyl halides is 3. The third kappa shape index (κ3) is 4.99. The van der Waals surface area contributed by atoms with Gasteiger partial charge >= 0.3 is 6.18 Å². The van der Waals surface area contributed by atoms with E-state index in [1.165, 1.54) is 0 Å². The van der Waals surface area contributed by atoms with Crippen molar-refractivity contribution in [3.05, 3.63) is 35.9 Å². The highest BCUT2D eigenvalue weighted by Crippen LogP contribution is 2.20. The molecule has 1 aromatic carbocycles. The average Bonchev–Trinajstić information content (AvgIpc) is 2.26. The van der Waals surface area contributed by atoms with Crippen molar-refractivity contribution >= 4 is 5.78 Å². The number of Topliss-reactive ketones (excluding diaryl/α,β-unsaturated/α-hetero) is 1. The number of carbonyl (C=O) groups excluding carboxylic acids is 1. The van der Waals surface area contributed by atoms with Crippen LogP contribution in [0, 0.1) is 0 Å². The molecule has 0 amide bonds. The van der Waals surface area contributed by atoms with Crippen molar-refractivity contribution in [2.75, 3.05) is 0 Å². The number of halogens is 3. The van der Waals surface area contributed by atoms with E-state index < -0.39 is 24.5 Å². The molecular formula is C12H13F3O2. The molecule has 1 aromatic rings. The number of rotatable bonds is 5. The second-order valence-corrected chi connectivity index (χ2v) is 3.80. The van der Waals surface area contributed by atoms with Crippen LogP contribution in [-0.2, 0) is 11.2 Å². The highest BCUT2D eigenvalue weighted by molar-refractivity contribution is 5.84. The highest BCUT2D eigenvalue weighted by Gasteiger charge is 2.38. The molecule has 1 unspecified atom stereocenters. The summed E-state index contributed by atoms with van der Waals surface area (Å²) in [7, 11) is 0. The van der Waals surface area contributed by atoms with Gasteiger partial charge < -0.3 is 5.11 Å². The van der Waals surface area contributed by atoms with Crippen molar-refractivity contribution < 1.29 is 23.1 Å². The summed E-state index contributed by atoms with van der Waals surface area (Å²) in [5.41, 5.74) is 0.922. The molecule has 0 saturated heterocycles. The van der Waals surface area contributed by atoms with Gasteiger partial charge in [-0.15, -0.1) is 0 Å². The number of hydrogen-bond donors (Lipinski definition) is 1. The van der Waals surface area contributed by atoms with Gasteiger partial charge in [-0.2, -0.15) is 13.2 Å². The molecule has 0 heterocycles. The van der Waals surface area contributed by atoms with E-state index in [2.05, 4.69) is 0 Å². The number of ketones is 1. The molecule has 1 atom stereocenters. The van der Waals surface area contributed by atoms with E-state index in [4.69, 9.17) is 0 Å². The number of hydrogen-bond acceptors (Lipinski definition) is 2. The van der Waals surface area contributed by atoms with Crippen molar-refractivity contribution in [2.24, 2.45) is 0 Å². The van der Waals surface area contributed by atoms with Gasteiger partial charge in [0.15, 0.2) is 0 Å². The summed E-state index contributed by atoms with van der Waals surface area (Å²) in [6, 6.07) is 9.08. The van der Waals surface area contributed by atoms with Crippen LogP contribution in [0.1, 0.15) is 18.4 Å². The van der Waals surface area contributed by atoms with Gasteiger partial charge in [-0.25, -0.2) is 0 Å². The Morgan fingerprint density at radius 2 is 1.82 bits per heavy atom. The third-order valence-electron chi connectivity index (χ3n) is 2.35. The topological polar surface area (TPSA) is 37.3 Å². The first-order valence-corrected chi connectivity index (χ1v) is 5.21. The van der Waals surface area contributed by atoms with Gasteiger partial charge in [-0.3, -0.25) is 4.79 Å². The SMILES string of the molecule is O=C(CC(O)CCc1ccccc1)C(F)(F)F. The van der Waals surface area contributed by atoms with Crippen LogP contribution in [0.3, 0.4) is 0 Å². The third-order valence-corrected chi connectivity index (χ3v) is 2.35. The number of aliphatic hydroxyl groups is 1. The Kier molecular flexibility index (Phi) is 4.69. The van der Waals surface area contributed by atoms with Crippen LogP contribution >= 0.6 is 0 Å². The standard InChI is InChI=1S/C12H13F3O2/c13-12(14,15)11(17)8-10(16)7-6-9-4-2-1-3-5-9/h1-5,10,16H,6-8H2. The Hall–Kier alpha value is -1.36. The molecule has 0 aliphatic rings. The van der Waals surface area contributed by atoms with E-state index in [-0.39, 0.29) is 6.42 Å². The van der Waals surface area contributed by atoms with Crippen LogP contribution in [0.4, 0.5) is 13.2 Å². The summed E-state index contributed by atoms with van der Waals surface area (Å²) >= 11 is 0. The Balaban J connectivity index is 2.36. The first kappa shape index (κ1) is 13.7. The lowest BCUT2D eigenvalue weighted by Gasteiger charge is -2.11. The van der Waals surface area contributed by atoms with Gasteiger partial charge in [0.1, 0.15) is 0 Å². The van der Waals surface area contributed by atoms with E-state index in [1.807, 2.05) is 30.3 Å². The molecule has 0 aliphatic carbocycles. The fourth-order valence-electron chi connectivity index (χ4n) is 1.41. The summed E-state index contributed by atoms with van der Waals surface area (Å²) in [6.07, 6.45) is -6.37. The molecule has 0 spiro atoms. The zero-order valence-electron chi connectivity index (χ0n) is 9.07. The molecular weight excluding hydrogens is 233 g/mol. The fourth-order valence-corrected chi connectivity index (χ4v) is 1.41. The lowest BCUT2D eigenvalue weighted by Crippen LogP contribution is -2.27. The van der Waals surface area contributed by atoms with Gasteiger partial charge in [-0.1, -0.05) is 30.3 Å². The first-order valence-electron chi connectivity index (χ1n) is 5.21. The summed E-state index contributed by atoms with van der Waals surface area (Å²) in [5, 5.41) is 9.32. The normalized spacial score (nSPS) is 13.4. The van der Waals surface area contributed by atoms with E-state index in [0.717, 1.165) is 5.56 Å². The van der Waals surface area contributed by atoms with Gasteiger partial charge in [0.25, 0.3) is 0 Å². The van der Waals surface area contributed by atoms with Crippen LogP contribution in [0.25, 0.3) is 0 Å². The smallest absolute Gasteiger partial charge is 0.393 e. The molecule has 17 heavy (non-hydrogen) atoms. The Morgan fingerprint density at radius 3 is 2.35 bits per heavy atom. The van der Waals surface area contributed by atoms with Gasteiger partial charge in [0.2, 0.25) is 5.78 Å². The predicted molar refractivity (Wildman–Crippen MR) is 56.4 cm³/mol. The van der Waals surface area contributed by atoms with E-state index in [0.29, 0.717) is 6.42 Å². The van der Waals surface area contributed by atoms with Gasteiger partial charge in [-0.05, 0) is 18.4 Å². The number of benzene rings is 1. The largest absolute Gasteiger partial charge is 0.450 e. The molecule has 2 nitrogen and oxygen atoms in total. The second kappa shape index (κ2) is 5.82. The summed E-state index contributed by atoms with van der Waals surface area (Å²) in [5.74, 6) is -1.88. The maximum atomic E-state index is 11.9. The summed E-state index contributed by atoms with van der Waals surface area (Å²) < 4.78 is 35.7. The molecule has 0 fully saturated rings. The van der Waals surface area contributed by atoms with Crippen molar-refractivity contribution in [3.63, 3.8) is 0 Å². The monoisotopic (exact) mass is 246 g/mol. The fraction of sp³-hybridized carbons (Fsp3) is 0.417. The molecule has 94 valence electrons. The molecule has 0 radical (unpaired) electrons. The lowest BCUT2D eigenvalue weighted by molar-refractivity contribution is -0.173. The van der Waals surface area contributed by atoms with E-state index >= 15 is 0 Å². The number of aliphatic hydroxyl groups excluding tert-OH is 1. The quantitative estimate of drug-likeness (QED) is 0.866. The highest BCUT2D eigenvalue weighted by atomic mass is 19.4. The summed E-state index contributed by atoms with van der Waals surface area (Å²) in [6.45, 7) is 0. The minimum absolute atomic E-state index is 0.145. The molecule has 1 N–H and O–H groups in total. The van der Waals surface area contributed by atoms with E-state index in [1.54, 1.807) is 0 Å². The van der Waals surface area contributed by atoms with Crippen LogP contribution in [0.5, 0.6) is 0 Å². The lowest BCUT2D eigenvalue weighted by atomic mass is 10.0. The van der Waals surface area contributed by atoms with Crippen molar-refractivity contribution in [2.45, 2.75) is 31.5 Å². The molecule has 0 bridgehead atoms. The van der Waals surface area contributed by atoms with Gasteiger partial charge in [0, 0.05) is 6.42 Å². The number of aryl methyl sites for hydroxylation is 1. The molecule has 0 aromatic heterocycles. The predicted octanol–water partition coefficient (Wildman–Crippen LogP) is 2.50.